The molecule has 1 fully saturated rings. The van der Waals surface area contributed by atoms with Crippen molar-refractivity contribution in [3.63, 3.8) is 0 Å². The second kappa shape index (κ2) is 16.8. The summed E-state index contributed by atoms with van der Waals surface area (Å²) in [6.45, 7) is 4.13. The lowest BCUT2D eigenvalue weighted by atomic mass is 9.90. The topological polar surface area (TPSA) is 96.4 Å². The van der Waals surface area contributed by atoms with Crippen molar-refractivity contribution in [1.82, 2.24) is 4.98 Å². The first-order valence-electron chi connectivity index (χ1n) is 16.9. The van der Waals surface area contributed by atoms with Crippen LogP contribution in [0.1, 0.15) is 78.3 Å². The Hall–Kier alpha value is -4.01. The average Bonchev–Trinajstić information content (AvgIpc) is 3.86. The van der Waals surface area contributed by atoms with Gasteiger partial charge in [-0.2, -0.15) is 11.8 Å². The number of rotatable bonds is 13. The third-order valence-electron chi connectivity index (χ3n) is 8.98. The summed E-state index contributed by atoms with van der Waals surface area (Å²) in [6.07, 6.45) is 8.02. The van der Waals surface area contributed by atoms with Crippen molar-refractivity contribution in [2.75, 3.05) is 5.75 Å². The van der Waals surface area contributed by atoms with E-state index in [1.165, 1.54) is 17.7 Å². The quantitative estimate of drug-likeness (QED) is 0.113. The van der Waals surface area contributed by atoms with Gasteiger partial charge in [0.2, 0.25) is 0 Å². The van der Waals surface area contributed by atoms with Crippen molar-refractivity contribution >= 4 is 52.4 Å². The molecule has 0 spiro atoms. The first-order valence-corrected chi connectivity index (χ1v) is 18.3. The van der Waals surface area contributed by atoms with Crippen molar-refractivity contribution in [3.05, 3.63) is 147 Å². The number of aliphatic carboxylic acids is 1. The fourth-order valence-corrected chi connectivity index (χ4v) is 7.71. The third kappa shape index (κ3) is 10.7. The van der Waals surface area contributed by atoms with Crippen LogP contribution in [0, 0.1) is 11.2 Å². The van der Waals surface area contributed by atoms with Gasteiger partial charge in [-0.25, -0.2) is 9.37 Å². The third-order valence-corrected chi connectivity index (χ3v) is 10.9. The number of hydrogen-bond acceptors (Lipinski definition) is 5. The highest BCUT2D eigenvalue weighted by atomic mass is 35.5. The van der Waals surface area contributed by atoms with Gasteiger partial charge in [0.15, 0.2) is 0 Å². The Labute approximate surface area is 303 Å². The number of carboxylic acid groups (broad SMARTS) is 1. The van der Waals surface area contributed by atoms with Crippen LogP contribution in [-0.4, -0.2) is 26.9 Å². The van der Waals surface area contributed by atoms with Crippen LogP contribution in [0.5, 0.6) is 0 Å². The second-order valence-corrected chi connectivity index (χ2v) is 15.2. The number of hydrogen-bond donors (Lipinski definition) is 3. The molecule has 0 unspecified atom stereocenters. The number of aliphatic hydroxyl groups is 1. The summed E-state index contributed by atoms with van der Waals surface area (Å²) in [7, 11) is 0. The number of halogens is 2. The molecule has 0 bridgehead atoms. The van der Waals surface area contributed by atoms with E-state index in [9.17, 15) is 19.4 Å². The molecule has 4 N–H and O–H groups in total. The fourth-order valence-electron chi connectivity index (χ4n) is 5.98. The molecule has 4 aromatic carbocycles. The van der Waals surface area contributed by atoms with E-state index in [0.29, 0.717) is 11.6 Å². The lowest BCUT2D eigenvalue weighted by molar-refractivity contribution is -0.138. The van der Waals surface area contributed by atoms with Gasteiger partial charge in [-0.3, -0.25) is 4.79 Å². The standard InChI is InChI=1S/C35H36ClNO3S.C7H8FN/c1-34(2,40)30-9-4-3-7-25(30)13-17-32(41-23-35(18-19-35)22-33(38)39)27-8-5-6-24(20-27)10-15-29-16-12-26-11-14-28(36)21-31(26)37-29;8-7-3-1-6(5-9)2-4-7/h3-12,14-16,20-21,32,40H,13,17-19,22-23H2,1-2H3,(H,38,39);1-4H,5,9H2/b15-10+;/t32-;/m1./s1. The van der Waals surface area contributed by atoms with Gasteiger partial charge in [0.05, 0.1) is 23.2 Å². The summed E-state index contributed by atoms with van der Waals surface area (Å²) in [6, 6.07) is 32.6. The van der Waals surface area contributed by atoms with E-state index in [4.69, 9.17) is 22.3 Å². The van der Waals surface area contributed by atoms with E-state index < -0.39 is 11.6 Å². The van der Waals surface area contributed by atoms with E-state index in [-0.39, 0.29) is 22.9 Å². The van der Waals surface area contributed by atoms with Gasteiger partial charge in [-0.05, 0) is 109 Å². The molecule has 50 heavy (non-hydrogen) atoms. The normalized spacial score (nSPS) is 14.3. The Morgan fingerprint density at radius 1 is 1.00 bits per heavy atom. The molecule has 6 rings (SSSR count). The Bertz CT molecular complexity index is 1940. The highest BCUT2D eigenvalue weighted by Crippen LogP contribution is 2.53. The molecule has 5 nitrogen and oxygen atoms in total. The molecule has 1 aliphatic carbocycles. The number of carbonyl (C=O) groups is 1. The predicted octanol–water partition coefficient (Wildman–Crippen LogP) is 10.2. The minimum absolute atomic E-state index is 0.0814. The van der Waals surface area contributed by atoms with Crippen molar-refractivity contribution in [2.45, 2.75) is 63.3 Å². The number of pyridine rings is 1. The zero-order chi connectivity index (χ0) is 35.7. The molecule has 0 aliphatic heterocycles. The smallest absolute Gasteiger partial charge is 0.303 e. The number of aryl methyl sites for hydroxylation is 1. The van der Waals surface area contributed by atoms with Crippen LogP contribution in [0.3, 0.4) is 0 Å². The second-order valence-electron chi connectivity index (χ2n) is 13.5. The fraction of sp³-hybridized carbons (Fsp3) is 0.286. The number of nitrogens with zero attached hydrogens (tertiary/aromatic N) is 1. The molecule has 0 saturated heterocycles. The predicted molar refractivity (Wildman–Crippen MR) is 206 cm³/mol. The number of nitrogens with two attached hydrogens (primary N) is 1. The Morgan fingerprint density at radius 3 is 2.44 bits per heavy atom. The zero-order valence-corrected chi connectivity index (χ0v) is 30.1. The van der Waals surface area contributed by atoms with E-state index in [1.54, 1.807) is 12.1 Å². The minimum Gasteiger partial charge on any atom is -0.481 e. The van der Waals surface area contributed by atoms with Gasteiger partial charge in [-0.1, -0.05) is 90.5 Å². The van der Waals surface area contributed by atoms with Crippen molar-refractivity contribution in [3.8, 4) is 0 Å². The summed E-state index contributed by atoms with van der Waals surface area (Å²) >= 11 is 8.04. The maximum absolute atomic E-state index is 12.2. The summed E-state index contributed by atoms with van der Waals surface area (Å²) in [5, 5.41) is 22.1. The van der Waals surface area contributed by atoms with Crippen LogP contribution in [0.4, 0.5) is 4.39 Å². The lowest BCUT2D eigenvalue weighted by Crippen LogP contribution is -2.18. The van der Waals surface area contributed by atoms with E-state index >= 15 is 0 Å². The zero-order valence-electron chi connectivity index (χ0n) is 28.5. The van der Waals surface area contributed by atoms with Gasteiger partial charge in [0.1, 0.15) is 5.82 Å². The van der Waals surface area contributed by atoms with Crippen LogP contribution < -0.4 is 5.73 Å². The molecule has 0 amide bonds. The average molecular weight is 711 g/mol. The van der Waals surface area contributed by atoms with Gasteiger partial charge >= 0.3 is 5.97 Å². The van der Waals surface area contributed by atoms with Crippen LogP contribution >= 0.6 is 23.4 Å². The molecular weight excluding hydrogens is 667 g/mol. The van der Waals surface area contributed by atoms with Crippen molar-refractivity contribution in [2.24, 2.45) is 11.1 Å². The van der Waals surface area contributed by atoms with Crippen LogP contribution in [-0.2, 0) is 23.4 Å². The minimum atomic E-state index is -0.911. The number of aromatic nitrogens is 1. The van der Waals surface area contributed by atoms with Gasteiger partial charge in [0, 0.05) is 28.0 Å². The summed E-state index contributed by atoms with van der Waals surface area (Å²) in [4.78, 5) is 16.2. The van der Waals surface area contributed by atoms with Crippen LogP contribution in [0.25, 0.3) is 23.1 Å². The number of benzene rings is 4. The highest BCUT2D eigenvalue weighted by Gasteiger charge is 2.44. The summed E-state index contributed by atoms with van der Waals surface area (Å²) in [5.74, 6) is -0.0940. The number of thioether (sulfide) groups is 1. The first-order chi connectivity index (χ1) is 23.9. The van der Waals surface area contributed by atoms with Crippen molar-refractivity contribution in [1.29, 1.82) is 0 Å². The molecule has 260 valence electrons. The molecule has 1 saturated carbocycles. The van der Waals surface area contributed by atoms with Crippen LogP contribution in [0.2, 0.25) is 5.02 Å². The van der Waals surface area contributed by atoms with Crippen LogP contribution in [0.15, 0.2) is 103 Å². The number of fused-ring (bicyclic) bond motifs is 1. The molecule has 5 aromatic rings. The SMILES string of the molecule is CC(C)(O)c1ccccc1CC[C@@H](SCC1(CC(=O)O)CC1)c1cccc(/C=C/c2ccc3ccc(Cl)cc3n2)c1.NCc1ccc(F)cc1. The lowest BCUT2D eigenvalue weighted by Gasteiger charge is -2.24. The summed E-state index contributed by atoms with van der Waals surface area (Å²) in [5.41, 5.74) is 11.4. The van der Waals surface area contributed by atoms with E-state index in [0.717, 1.165) is 70.3 Å². The van der Waals surface area contributed by atoms with E-state index in [1.807, 2.05) is 74.1 Å². The van der Waals surface area contributed by atoms with Gasteiger partial charge in [0.25, 0.3) is 0 Å². The highest BCUT2D eigenvalue weighted by molar-refractivity contribution is 7.99. The molecule has 0 radical (unpaired) electrons. The largest absolute Gasteiger partial charge is 0.481 e. The van der Waals surface area contributed by atoms with Crippen molar-refractivity contribution < 1.29 is 19.4 Å². The molecular formula is C42H44ClFN2O3S. The molecule has 1 heterocycles. The molecule has 1 aromatic heterocycles. The molecule has 1 atom stereocenters. The summed E-state index contributed by atoms with van der Waals surface area (Å²) < 4.78 is 12.2. The first kappa shape index (κ1) is 37.3. The van der Waals surface area contributed by atoms with Gasteiger partial charge < -0.3 is 15.9 Å². The molecule has 1 aliphatic rings. The number of carboxylic acids is 1. The molecule has 8 heteroatoms. The Morgan fingerprint density at radius 2 is 1.74 bits per heavy atom. The Kier molecular flexibility index (Phi) is 12.5. The maximum atomic E-state index is 12.2. The Balaban J connectivity index is 0.000000470. The van der Waals surface area contributed by atoms with E-state index in [2.05, 4.69) is 42.5 Å². The maximum Gasteiger partial charge on any atom is 0.303 e. The monoisotopic (exact) mass is 710 g/mol. The van der Waals surface area contributed by atoms with Gasteiger partial charge in [-0.15, -0.1) is 0 Å².